The Kier molecular flexibility index (Phi) is 5.71. The van der Waals surface area contributed by atoms with Crippen molar-refractivity contribution in [2.24, 2.45) is 0 Å². The highest BCUT2D eigenvalue weighted by molar-refractivity contribution is 7.89. The molecular formula is C18H22N4O4S. The number of sulfonamides is 1. The number of hydrogen-bond acceptors (Lipinski definition) is 6. The van der Waals surface area contributed by atoms with Gasteiger partial charge in [0, 0.05) is 31.8 Å². The zero-order valence-electron chi connectivity index (χ0n) is 15.3. The van der Waals surface area contributed by atoms with Gasteiger partial charge in [-0.3, -0.25) is 4.79 Å². The van der Waals surface area contributed by atoms with Crippen LogP contribution in [-0.4, -0.2) is 48.0 Å². The van der Waals surface area contributed by atoms with Crippen LogP contribution in [0.1, 0.15) is 25.5 Å². The van der Waals surface area contributed by atoms with Gasteiger partial charge in [-0.25, -0.2) is 8.42 Å². The minimum absolute atomic E-state index is 0.0874. The Hall–Kier alpha value is -2.52. The summed E-state index contributed by atoms with van der Waals surface area (Å²) in [7, 11) is -3.57. The van der Waals surface area contributed by atoms with Gasteiger partial charge in [0.2, 0.25) is 21.8 Å². The summed E-state index contributed by atoms with van der Waals surface area (Å²) in [4.78, 5) is 11.3. The molecule has 0 unspecified atom stereocenters. The van der Waals surface area contributed by atoms with E-state index in [0.29, 0.717) is 37.5 Å². The van der Waals surface area contributed by atoms with Gasteiger partial charge >= 0.3 is 0 Å². The summed E-state index contributed by atoms with van der Waals surface area (Å²) < 4.78 is 32.9. The zero-order chi connectivity index (χ0) is 19.4. The predicted molar refractivity (Wildman–Crippen MR) is 99.9 cm³/mol. The first-order chi connectivity index (χ1) is 12.8. The lowest BCUT2D eigenvalue weighted by molar-refractivity contribution is -0.114. The van der Waals surface area contributed by atoms with Crippen molar-refractivity contribution < 1.29 is 17.9 Å². The summed E-state index contributed by atoms with van der Waals surface area (Å²) in [5.41, 5.74) is 1.38. The number of carbonyl (C=O) groups excluding carboxylic acids is 1. The third kappa shape index (κ3) is 4.81. The molecule has 9 heteroatoms. The van der Waals surface area contributed by atoms with Gasteiger partial charge in [-0.05, 0) is 50.1 Å². The molecule has 0 spiro atoms. The molecule has 1 fully saturated rings. The molecule has 2 aromatic rings. The Morgan fingerprint density at radius 1 is 1.11 bits per heavy atom. The molecule has 0 radical (unpaired) electrons. The van der Waals surface area contributed by atoms with E-state index in [9.17, 15) is 13.2 Å². The number of nitrogens with zero attached hydrogens (tertiary/aromatic N) is 3. The normalized spacial score (nSPS) is 16.1. The summed E-state index contributed by atoms with van der Waals surface area (Å²) in [6.45, 7) is 4.00. The summed E-state index contributed by atoms with van der Waals surface area (Å²) in [6.07, 6.45) is 1.08. The van der Waals surface area contributed by atoms with E-state index in [-0.39, 0.29) is 16.9 Å². The van der Waals surface area contributed by atoms with Gasteiger partial charge in [0.05, 0.1) is 10.6 Å². The molecular weight excluding hydrogens is 368 g/mol. The molecule has 1 N–H and O–H groups in total. The van der Waals surface area contributed by atoms with Crippen LogP contribution in [0.25, 0.3) is 0 Å². The van der Waals surface area contributed by atoms with Crippen LogP contribution >= 0.6 is 0 Å². The van der Waals surface area contributed by atoms with Crippen LogP contribution in [-0.2, 0) is 14.8 Å². The van der Waals surface area contributed by atoms with Crippen LogP contribution in [0.3, 0.4) is 0 Å². The van der Waals surface area contributed by atoms with Crippen molar-refractivity contribution in [3.63, 3.8) is 0 Å². The molecule has 1 amide bonds. The second-order valence-electron chi connectivity index (χ2n) is 6.44. The summed E-state index contributed by atoms with van der Waals surface area (Å²) in [5.74, 6) is 0.251. The largest absolute Gasteiger partial charge is 0.473 e. The predicted octanol–water partition coefficient (Wildman–Crippen LogP) is 1.98. The third-order valence-corrected chi connectivity index (χ3v) is 6.19. The van der Waals surface area contributed by atoms with Crippen molar-refractivity contribution in [1.82, 2.24) is 14.5 Å². The molecule has 3 rings (SSSR count). The monoisotopic (exact) mass is 390 g/mol. The summed E-state index contributed by atoms with van der Waals surface area (Å²) >= 11 is 0. The minimum atomic E-state index is -3.57. The van der Waals surface area contributed by atoms with Crippen LogP contribution in [0.2, 0.25) is 0 Å². The molecule has 1 aliphatic rings. The van der Waals surface area contributed by atoms with Crippen molar-refractivity contribution in [2.45, 2.75) is 37.7 Å². The Morgan fingerprint density at radius 2 is 1.78 bits per heavy atom. The van der Waals surface area contributed by atoms with Gasteiger partial charge in [-0.1, -0.05) is 0 Å². The molecule has 1 saturated heterocycles. The number of piperidine rings is 1. The number of aryl methyl sites for hydroxylation is 1. The number of rotatable bonds is 5. The number of ether oxygens (including phenoxy) is 1. The molecule has 1 aromatic heterocycles. The van der Waals surface area contributed by atoms with Gasteiger partial charge in [0.1, 0.15) is 6.10 Å². The highest BCUT2D eigenvalue weighted by Crippen LogP contribution is 2.24. The van der Waals surface area contributed by atoms with Gasteiger partial charge < -0.3 is 10.1 Å². The second-order valence-corrected chi connectivity index (χ2v) is 8.38. The highest BCUT2D eigenvalue weighted by Gasteiger charge is 2.30. The van der Waals surface area contributed by atoms with Crippen molar-refractivity contribution in [3.8, 4) is 5.88 Å². The topological polar surface area (TPSA) is 101 Å². The van der Waals surface area contributed by atoms with Gasteiger partial charge in [-0.2, -0.15) is 9.40 Å². The average molecular weight is 390 g/mol. The summed E-state index contributed by atoms with van der Waals surface area (Å²) in [5, 5.41) is 10.6. The van der Waals surface area contributed by atoms with Crippen molar-refractivity contribution >= 4 is 21.6 Å². The maximum absolute atomic E-state index is 12.8. The minimum Gasteiger partial charge on any atom is -0.473 e. The number of benzene rings is 1. The third-order valence-electron chi connectivity index (χ3n) is 4.27. The van der Waals surface area contributed by atoms with Crippen LogP contribution in [0.5, 0.6) is 5.88 Å². The molecule has 8 nitrogen and oxygen atoms in total. The lowest BCUT2D eigenvalue weighted by Gasteiger charge is -2.31. The molecule has 0 saturated carbocycles. The van der Waals surface area contributed by atoms with E-state index in [1.165, 1.54) is 23.4 Å². The van der Waals surface area contributed by atoms with Crippen LogP contribution in [0.15, 0.2) is 41.3 Å². The van der Waals surface area contributed by atoms with E-state index < -0.39 is 10.0 Å². The van der Waals surface area contributed by atoms with Crippen molar-refractivity contribution in [2.75, 3.05) is 18.4 Å². The van der Waals surface area contributed by atoms with E-state index in [0.717, 1.165) is 5.69 Å². The zero-order valence-corrected chi connectivity index (χ0v) is 16.1. The van der Waals surface area contributed by atoms with Crippen LogP contribution in [0.4, 0.5) is 5.69 Å². The Balaban J connectivity index is 1.60. The summed E-state index contributed by atoms with van der Waals surface area (Å²) in [6, 6.07) is 9.77. The Morgan fingerprint density at radius 3 is 2.33 bits per heavy atom. The lowest BCUT2D eigenvalue weighted by Crippen LogP contribution is -2.41. The Labute approximate surface area is 158 Å². The smallest absolute Gasteiger partial charge is 0.243 e. The number of aromatic nitrogens is 2. The second kappa shape index (κ2) is 8.01. The SMILES string of the molecule is CC(=O)Nc1ccc(S(=O)(=O)N2CCC(Oc3ccc(C)nn3)CC2)cc1. The first-order valence-corrected chi connectivity index (χ1v) is 10.1. The van der Waals surface area contributed by atoms with Gasteiger partial charge in [0.25, 0.3) is 0 Å². The van der Waals surface area contributed by atoms with Crippen LogP contribution in [0, 0.1) is 6.92 Å². The molecule has 144 valence electrons. The fourth-order valence-electron chi connectivity index (χ4n) is 2.87. The van der Waals surface area contributed by atoms with E-state index in [4.69, 9.17) is 4.74 Å². The molecule has 1 aliphatic heterocycles. The fraction of sp³-hybridized carbons (Fsp3) is 0.389. The van der Waals surface area contributed by atoms with E-state index in [1.54, 1.807) is 18.2 Å². The number of hydrogen-bond donors (Lipinski definition) is 1. The molecule has 2 heterocycles. The van der Waals surface area contributed by atoms with Crippen molar-refractivity contribution in [1.29, 1.82) is 0 Å². The number of nitrogens with one attached hydrogen (secondary N) is 1. The van der Waals surface area contributed by atoms with E-state index >= 15 is 0 Å². The van der Waals surface area contributed by atoms with Crippen LogP contribution < -0.4 is 10.1 Å². The molecule has 27 heavy (non-hydrogen) atoms. The van der Waals surface area contributed by atoms with E-state index in [1.807, 2.05) is 13.0 Å². The maximum atomic E-state index is 12.8. The first-order valence-electron chi connectivity index (χ1n) is 8.69. The number of anilines is 1. The quantitative estimate of drug-likeness (QED) is 0.838. The fourth-order valence-corrected chi connectivity index (χ4v) is 4.34. The molecule has 0 aliphatic carbocycles. The first kappa shape index (κ1) is 19.2. The average Bonchev–Trinajstić information content (AvgIpc) is 2.64. The number of carbonyl (C=O) groups is 1. The van der Waals surface area contributed by atoms with Gasteiger partial charge in [0.15, 0.2) is 0 Å². The molecule has 1 aromatic carbocycles. The Bertz CT molecular complexity index is 890. The molecule has 0 bridgehead atoms. The molecule has 0 atom stereocenters. The van der Waals surface area contributed by atoms with E-state index in [2.05, 4.69) is 15.5 Å². The number of amides is 1. The standard InChI is InChI=1S/C18H22N4O4S/c1-13-3-8-18(21-20-13)26-16-9-11-22(12-10-16)27(24,25)17-6-4-15(5-7-17)19-14(2)23/h3-8,16H,9-12H2,1-2H3,(H,19,23). The lowest BCUT2D eigenvalue weighted by atomic mass is 10.1. The maximum Gasteiger partial charge on any atom is 0.243 e. The van der Waals surface area contributed by atoms with Gasteiger partial charge in [-0.15, -0.1) is 5.10 Å². The highest BCUT2D eigenvalue weighted by atomic mass is 32.2. The van der Waals surface area contributed by atoms with Crippen molar-refractivity contribution in [3.05, 3.63) is 42.1 Å².